The highest BCUT2D eigenvalue weighted by molar-refractivity contribution is 6.04. The van der Waals surface area contributed by atoms with Crippen LogP contribution in [0.25, 0.3) is 0 Å². The number of rotatable bonds is 4. The van der Waals surface area contributed by atoms with Crippen LogP contribution in [0.1, 0.15) is 28.4 Å². The first-order chi connectivity index (χ1) is 9.61. The van der Waals surface area contributed by atoms with E-state index in [0.717, 1.165) is 23.4 Å². The molecule has 2 N–H and O–H groups in total. The van der Waals surface area contributed by atoms with Crippen LogP contribution in [0, 0.1) is 13.8 Å². The summed E-state index contributed by atoms with van der Waals surface area (Å²) in [6, 6.07) is 9.39. The van der Waals surface area contributed by atoms with Crippen LogP contribution in [0.3, 0.4) is 0 Å². The van der Waals surface area contributed by atoms with E-state index in [2.05, 4.69) is 15.6 Å². The van der Waals surface area contributed by atoms with Gasteiger partial charge < -0.3 is 10.6 Å². The molecule has 0 unspecified atom stereocenters. The van der Waals surface area contributed by atoms with Crippen molar-refractivity contribution >= 4 is 17.4 Å². The van der Waals surface area contributed by atoms with Crippen LogP contribution < -0.4 is 10.6 Å². The number of amides is 1. The largest absolute Gasteiger partial charge is 0.385 e. The monoisotopic (exact) mass is 269 g/mol. The molecule has 0 bridgehead atoms. The maximum absolute atomic E-state index is 12.2. The predicted octanol–water partition coefficient (Wildman–Crippen LogP) is 3.38. The number of hydrogen-bond acceptors (Lipinski definition) is 3. The third-order valence-electron chi connectivity index (χ3n) is 3.10. The lowest BCUT2D eigenvalue weighted by atomic mass is 10.1. The summed E-state index contributed by atoms with van der Waals surface area (Å²) in [7, 11) is 0. The van der Waals surface area contributed by atoms with Gasteiger partial charge in [0.05, 0.1) is 0 Å². The summed E-state index contributed by atoms with van der Waals surface area (Å²) < 4.78 is 0. The van der Waals surface area contributed by atoms with Crippen molar-refractivity contribution in [3.8, 4) is 0 Å². The van der Waals surface area contributed by atoms with Gasteiger partial charge in [-0.15, -0.1) is 0 Å². The minimum absolute atomic E-state index is 0.141. The standard InChI is InChI=1S/C16H19N3O/c1-4-17-14-8-7-13(10-12(14)3)16(20)19-15-11(2)6-5-9-18-15/h5-10,17H,4H2,1-3H3,(H,18,19,20). The summed E-state index contributed by atoms with van der Waals surface area (Å²) in [5.41, 5.74) is 3.69. The zero-order valence-corrected chi connectivity index (χ0v) is 12.0. The van der Waals surface area contributed by atoms with Gasteiger partial charge in [0.15, 0.2) is 0 Å². The second-order valence-electron chi connectivity index (χ2n) is 4.68. The van der Waals surface area contributed by atoms with Gasteiger partial charge in [-0.05, 0) is 56.2 Å². The first kappa shape index (κ1) is 14.1. The lowest BCUT2D eigenvalue weighted by molar-refractivity contribution is 0.102. The molecule has 0 radical (unpaired) electrons. The van der Waals surface area contributed by atoms with Crippen LogP contribution in [-0.4, -0.2) is 17.4 Å². The minimum Gasteiger partial charge on any atom is -0.385 e. The summed E-state index contributed by atoms with van der Waals surface area (Å²) in [6.45, 7) is 6.81. The topological polar surface area (TPSA) is 54.0 Å². The van der Waals surface area contributed by atoms with Crippen molar-refractivity contribution in [2.45, 2.75) is 20.8 Å². The quantitative estimate of drug-likeness (QED) is 0.894. The lowest BCUT2D eigenvalue weighted by Gasteiger charge is -2.10. The summed E-state index contributed by atoms with van der Waals surface area (Å²) in [5.74, 6) is 0.462. The second kappa shape index (κ2) is 6.19. The van der Waals surface area contributed by atoms with Gasteiger partial charge in [-0.3, -0.25) is 4.79 Å². The Bertz CT molecular complexity index is 623. The minimum atomic E-state index is -0.141. The summed E-state index contributed by atoms with van der Waals surface area (Å²) >= 11 is 0. The second-order valence-corrected chi connectivity index (χ2v) is 4.68. The third-order valence-corrected chi connectivity index (χ3v) is 3.10. The molecule has 0 aliphatic carbocycles. The van der Waals surface area contributed by atoms with Gasteiger partial charge >= 0.3 is 0 Å². The molecule has 2 aromatic rings. The van der Waals surface area contributed by atoms with Crippen LogP contribution in [-0.2, 0) is 0 Å². The van der Waals surface area contributed by atoms with E-state index in [9.17, 15) is 4.79 Å². The molecule has 1 aromatic carbocycles. The zero-order chi connectivity index (χ0) is 14.5. The fourth-order valence-corrected chi connectivity index (χ4v) is 1.99. The van der Waals surface area contributed by atoms with Crippen LogP contribution in [0.5, 0.6) is 0 Å². The van der Waals surface area contributed by atoms with Crippen molar-refractivity contribution in [2.24, 2.45) is 0 Å². The van der Waals surface area contributed by atoms with Gasteiger partial charge in [-0.25, -0.2) is 4.98 Å². The number of aryl methyl sites for hydroxylation is 2. The Kier molecular flexibility index (Phi) is 4.35. The number of nitrogens with one attached hydrogen (secondary N) is 2. The molecule has 0 saturated carbocycles. The molecular formula is C16H19N3O. The molecule has 0 spiro atoms. The highest BCUT2D eigenvalue weighted by atomic mass is 16.1. The van der Waals surface area contributed by atoms with E-state index in [1.165, 1.54) is 0 Å². The van der Waals surface area contributed by atoms with Crippen LogP contribution in [0.4, 0.5) is 11.5 Å². The Morgan fingerprint density at radius 3 is 2.65 bits per heavy atom. The maximum atomic E-state index is 12.2. The Morgan fingerprint density at radius 1 is 1.20 bits per heavy atom. The van der Waals surface area contributed by atoms with E-state index in [0.29, 0.717) is 11.4 Å². The van der Waals surface area contributed by atoms with Crippen molar-refractivity contribution < 1.29 is 4.79 Å². The Morgan fingerprint density at radius 2 is 2.00 bits per heavy atom. The number of carbonyl (C=O) groups excluding carboxylic acids is 1. The molecule has 1 amide bonds. The molecule has 1 heterocycles. The molecule has 20 heavy (non-hydrogen) atoms. The highest BCUT2D eigenvalue weighted by Gasteiger charge is 2.09. The summed E-state index contributed by atoms with van der Waals surface area (Å²) in [5, 5.41) is 6.09. The highest BCUT2D eigenvalue weighted by Crippen LogP contribution is 2.18. The molecule has 104 valence electrons. The van der Waals surface area contributed by atoms with Gasteiger partial charge in [0, 0.05) is 24.0 Å². The van der Waals surface area contributed by atoms with Gasteiger partial charge in [-0.1, -0.05) is 6.07 Å². The molecular weight excluding hydrogens is 250 g/mol. The summed E-state index contributed by atoms with van der Waals surface area (Å²) in [4.78, 5) is 16.4. The SMILES string of the molecule is CCNc1ccc(C(=O)Nc2ncccc2C)cc1C. The molecule has 0 atom stereocenters. The number of benzene rings is 1. The van der Waals surface area contributed by atoms with E-state index < -0.39 is 0 Å². The molecule has 4 nitrogen and oxygen atoms in total. The molecule has 0 aliphatic heterocycles. The zero-order valence-electron chi connectivity index (χ0n) is 12.0. The Labute approximate surface area is 119 Å². The van der Waals surface area contributed by atoms with Gasteiger partial charge in [0.2, 0.25) is 0 Å². The predicted molar refractivity (Wildman–Crippen MR) is 82.3 cm³/mol. The van der Waals surface area contributed by atoms with E-state index in [-0.39, 0.29) is 5.91 Å². The summed E-state index contributed by atoms with van der Waals surface area (Å²) in [6.07, 6.45) is 1.67. The number of pyridine rings is 1. The Hall–Kier alpha value is -2.36. The third kappa shape index (κ3) is 3.15. The van der Waals surface area contributed by atoms with Crippen molar-refractivity contribution in [3.63, 3.8) is 0 Å². The van der Waals surface area contributed by atoms with Crippen molar-refractivity contribution in [2.75, 3.05) is 17.2 Å². The average molecular weight is 269 g/mol. The average Bonchev–Trinajstić information content (AvgIpc) is 2.43. The normalized spacial score (nSPS) is 10.2. The molecule has 0 saturated heterocycles. The first-order valence-corrected chi connectivity index (χ1v) is 6.69. The van der Waals surface area contributed by atoms with Crippen molar-refractivity contribution in [1.82, 2.24) is 4.98 Å². The van der Waals surface area contributed by atoms with Crippen LogP contribution >= 0.6 is 0 Å². The van der Waals surface area contributed by atoms with E-state index in [4.69, 9.17) is 0 Å². The van der Waals surface area contributed by atoms with Crippen LogP contribution in [0.2, 0.25) is 0 Å². The van der Waals surface area contributed by atoms with E-state index in [1.54, 1.807) is 6.20 Å². The fraction of sp³-hybridized carbons (Fsp3) is 0.250. The first-order valence-electron chi connectivity index (χ1n) is 6.69. The van der Waals surface area contributed by atoms with E-state index in [1.807, 2.05) is 51.1 Å². The number of hydrogen-bond donors (Lipinski definition) is 2. The van der Waals surface area contributed by atoms with Gasteiger partial charge in [0.25, 0.3) is 5.91 Å². The van der Waals surface area contributed by atoms with Gasteiger partial charge in [0.1, 0.15) is 5.82 Å². The number of anilines is 2. The van der Waals surface area contributed by atoms with Crippen molar-refractivity contribution in [1.29, 1.82) is 0 Å². The van der Waals surface area contributed by atoms with Crippen LogP contribution in [0.15, 0.2) is 36.5 Å². The van der Waals surface area contributed by atoms with E-state index >= 15 is 0 Å². The maximum Gasteiger partial charge on any atom is 0.256 e. The fourth-order valence-electron chi connectivity index (χ4n) is 1.99. The number of aromatic nitrogens is 1. The van der Waals surface area contributed by atoms with Crippen molar-refractivity contribution in [3.05, 3.63) is 53.2 Å². The molecule has 0 aliphatic rings. The molecule has 1 aromatic heterocycles. The Balaban J connectivity index is 2.18. The molecule has 2 rings (SSSR count). The van der Waals surface area contributed by atoms with Gasteiger partial charge in [-0.2, -0.15) is 0 Å². The molecule has 4 heteroatoms. The smallest absolute Gasteiger partial charge is 0.256 e. The number of nitrogens with zero attached hydrogens (tertiary/aromatic N) is 1. The molecule has 0 fully saturated rings. The lowest BCUT2D eigenvalue weighted by Crippen LogP contribution is -2.14. The number of carbonyl (C=O) groups is 1.